The average Bonchev–Trinajstić information content (AvgIpc) is 2.38. The number of aliphatic hydroxyl groups excluding tert-OH is 1. The first-order chi connectivity index (χ1) is 9.42. The van der Waals surface area contributed by atoms with Crippen molar-refractivity contribution in [3.63, 3.8) is 0 Å². The minimum atomic E-state index is -4.16. The second-order valence-corrected chi connectivity index (χ2v) is 4.31. The molecule has 0 spiro atoms. The lowest BCUT2D eigenvalue weighted by molar-refractivity contribution is -0.138. The van der Waals surface area contributed by atoms with Crippen LogP contribution in [0.1, 0.15) is 31.4 Å². The minimum absolute atomic E-state index is 0.0202. The van der Waals surface area contributed by atoms with Gasteiger partial charge in [-0.15, -0.1) is 0 Å². The summed E-state index contributed by atoms with van der Waals surface area (Å²) in [5.41, 5.74) is 0.643. The summed E-state index contributed by atoms with van der Waals surface area (Å²) in [7, 11) is 0. The fourth-order valence-electron chi connectivity index (χ4n) is 1.62. The van der Waals surface area contributed by atoms with E-state index in [-0.39, 0.29) is 19.6 Å². The van der Waals surface area contributed by atoms with Gasteiger partial charge in [0.05, 0.1) is 13.2 Å². The molecule has 0 aromatic heterocycles. The minimum Gasteiger partial charge on any atom is -0.494 e. The third kappa shape index (κ3) is 6.77. The Morgan fingerprint density at radius 2 is 1.85 bits per heavy atom. The number of ether oxygens (including phenoxy) is 2. The van der Waals surface area contributed by atoms with Crippen molar-refractivity contribution in [3.8, 4) is 5.75 Å². The zero-order chi connectivity index (χ0) is 15.0. The van der Waals surface area contributed by atoms with Crippen molar-refractivity contribution in [2.75, 3.05) is 19.8 Å². The molecule has 0 aliphatic heterocycles. The highest BCUT2D eigenvalue weighted by molar-refractivity contribution is 5.28. The Balaban J connectivity index is 2.26. The maximum absolute atomic E-state index is 11.9. The van der Waals surface area contributed by atoms with Crippen LogP contribution >= 0.6 is 0 Å². The lowest BCUT2D eigenvalue weighted by atomic mass is 10.1. The van der Waals surface area contributed by atoms with Gasteiger partial charge in [-0.3, -0.25) is 0 Å². The summed E-state index contributed by atoms with van der Waals surface area (Å²) in [6, 6.07) is 6.86. The van der Waals surface area contributed by atoms with Crippen LogP contribution in [0.15, 0.2) is 24.3 Å². The maximum atomic E-state index is 11.9. The topological polar surface area (TPSA) is 38.7 Å². The van der Waals surface area contributed by atoms with Crippen molar-refractivity contribution in [3.05, 3.63) is 29.8 Å². The molecule has 0 heterocycles. The summed E-state index contributed by atoms with van der Waals surface area (Å²) < 4.78 is 46.0. The third-order valence-electron chi connectivity index (χ3n) is 2.60. The molecule has 0 saturated heterocycles. The summed E-state index contributed by atoms with van der Waals surface area (Å²) in [5, 5.41) is 9.81. The van der Waals surface area contributed by atoms with E-state index in [1.54, 1.807) is 24.3 Å². The van der Waals surface area contributed by atoms with Crippen molar-refractivity contribution >= 4 is 0 Å². The van der Waals surface area contributed by atoms with Crippen LogP contribution in [0.4, 0.5) is 13.2 Å². The van der Waals surface area contributed by atoms with Crippen LogP contribution in [-0.4, -0.2) is 31.1 Å². The monoisotopic (exact) mass is 292 g/mol. The first kappa shape index (κ1) is 16.8. The van der Waals surface area contributed by atoms with Gasteiger partial charge < -0.3 is 14.6 Å². The van der Waals surface area contributed by atoms with Crippen molar-refractivity contribution in [2.24, 2.45) is 0 Å². The molecule has 114 valence electrons. The van der Waals surface area contributed by atoms with Gasteiger partial charge in [0.15, 0.2) is 0 Å². The fourth-order valence-corrected chi connectivity index (χ4v) is 1.62. The van der Waals surface area contributed by atoms with Crippen LogP contribution in [0.25, 0.3) is 0 Å². The van der Waals surface area contributed by atoms with Crippen LogP contribution in [0, 0.1) is 0 Å². The van der Waals surface area contributed by atoms with Crippen LogP contribution in [0.2, 0.25) is 0 Å². The zero-order valence-electron chi connectivity index (χ0n) is 11.3. The summed E-state index contributed by atoms with van der Waals surface area (Å²) in [5.74, 6) is 0.703. The smallest absolute Gasteiger partial charge is 0.389 e. The van der Waals surface area contributed by atoms with Crippen LogP contribution < -0.4 is 4.74 Å². The zero-order valence-corrected chi connectivity index (χ0v) is 11.3. The van der Waals surface area contributed by atoms with E-state index in [1.807, 2.05) is 6.92 Å². The second-order valence-electron chi connectivity index (χ2n) is 4.31. The van der Waals surface area contributed by atoms with Crippen molar-refractivity contribution in [1.82, 2.24) is 0 Å². The molecule has 1 rings (SSSR count). The van der Waals surface area contributed by atoms with Gasteiger partial charge in [0, 0.05) is 13.0 Å². The van der Waals surface area contributed by atoms with E-state index in [0.29, 0.717) is 17.9 Å². The number of rotatable bonds is 8. The van der Waals surface area contributed by atoms with Gasteiger partial charge in [-0.25, -0.2) is 0 Å². The molecule has 1 N–H and O–H groups in total. The standard InChI is InChI=1S/C14H19F3O3/c1-2-20-12-6-4-11(5-7-12)13(18)10-19-9-3-8-14(15,16)17/h4-7,13,18H,2-3,8-10H2,1H3. The number of alkyl halides is 3. The van der Waals surface area contributed by atoms with Gasteiger partial charge in [-0.2, -0.15) is 13.2 Å². The number of hydrogen-bond donors (Lipinski definition) is 1. The molecule has 0 fully saturated rings. The molecule has 0 saturated carbocycles. The summed E-state index contributed by atoms with van der Waals surface area (Å²) in [6.45, 7) is 2.39. The summed E-state index contributed by atoms with van der Waals surface area (Å²) in [4.78, 5) is 0. The maximum Gasteiger partial charge on any atom is 0.389 e. The Hall–Kier alpha value is -1.27. The average molecular weight is 292 g/mol. The number of halogens is 3. The van der Waals surface area contributed by atoms with E-state index in [9.17, 15) is 18.3 Å². The van der Waals surface area contributed by atoms with E-state index >= 15 is 0 Å². The van der Waals surface area contributed by atoms with E-state index in [0.717, 1.165) is 0 Å². The van der Waals surface area contributed by atoms with Gasteiger partial charge in [0.25, 0.3) is 0 Å². The van der Waals surface area contributed by atoms with Crippen LogP contribution in [0.3, 0.4) is 0 Å². The highest BCUT2D eigenvalue weighted by Crippen LogP contribution is 2.21. The number of hydrogen-bond acceptors (Lipinski definition) is 3. The molecule has 0 aliphatic rings. The Kier molecular flexibility index (Phi) is 6.81. The quantitative estimate of drug-likeness (QED) is 0.746. The normalized spacial score (nSPS) is 13.2. The summed E-state index contributed by atoms with van der Waals surface area (Å²) in [6.07, 6.45) is -5.97. The van der Waals surface area contributed by atoms with E-state index in [4.69, 9.17) is 9.47 Å². The number of benzene rings is 1. The van der Waals surface area contributed by atoms with E-state index in [2.05, 4.69) is 0 Å². The Morgan fingerprint density at radius 1 is 1.20 bits per heavy atom. The molecular weight excluding hydrogens is 273 g/mol. The highest BCUT2D eigenvalue weighted by Gasteiger charge is 2.25. The lowest BCUT2D eigenvalue weighted by Crippen LogP contribution is -2.11. The first-order valence-electron chi connectivity index (χ1n) is 6.47. The van der Waals surface area contributed by atoms with Gasteiger partial charge in [0.2, 0.25) is 0 Å². The second kappa shape index (κ2) is 8.11. The van der Waals surface area contributed by atoms with Crippen molar-refractivity contribution in [1.29, 1.82) is 0 Å². The molecule has 0 aliphatic carbocycles. The Morgan fingerprint density at radius 3 is 2.40 bits per heavy atom. The molecule has 1 aromatic rings. The lowest BCUT2D eigenvalue weighted by Gasteiger charge is -2.13. The van der Waals surface area contributed by atoms with Crippen LogP contribution in [-0.2, 0) is 4.74 Å². The van der Waals surface area contributed by atoms with Gasteiger partial charge in [-0.1, -0.05) is 12.1 Å². The molecule has 0 amide bonds. The predicted octanol–water partition coefficient (Wildman–Crippen LogP) is 3.48. The van der Waals surface area contributed by atoms with Gasteiger partial charge >= 0.3 is 6.18 Å². The number of aliphatic hydroxyl groups is 1. The fraction of sp³-hybridized carbons (Fsp3) is 0.571. The van der Waals surface area contributed by atoms with Crippen molar-refractivity contribution in [2.45, 2.75) is 32.0 Å². The van der Waals surface area contributed by atoms with Gasteiger partial charge in [0.1, 0.15) is 11.9 Å². The highest BCUT2D eigenvalue weighted by atomic mass is 19.4. The Bertz CT molecular complexity index is 376. The Labute approximate surface area is 116 Å². The predicted molar refractivity (Wildman–Crippen MR) is 68.7 cm³/mol. The van der Waals surface area contributed by atoms with Crippen LogP contribution in [0.5, 0.6) is 5.75 Å². The molecule has 1 atom stereocenters. The SMILES string of the molecule is CCOc1ccc(C(O)COCCCC(F)(F)F)cc1. The van der Waals surface area contributed by atoms with Gasteiger partial charge in [-0.05, 0) is 31.0 Å². The molecule has 3 nitrogen and oxygen atoms in total. The molecule has 1 unspecified atom stereocenters. The first-order valence-corrected chi connectivity index (χ1v) is 6.47. The molecule has 20 heavy (non-hydrogen) atoms. The van der Waals surface area contributed by atoms with E-state index < -0.39 is 18.7 Å². The molecule has 0 bridgehead atoms. The summed E-state index contributed by atoms with van der Waals surface area (Å²) >= 11 is 0. The molecule has 1 aromatic carbocycles. The molecule has 6 heteroatoms. The van der Waals surface area contributed by atoms with Crippen molar-refractivity contribution < 1.29 is 27.8 Å². The third-order valence-corrected chi connectivity index (χ3v) is 2.60. The molecule has 0 radical (unpaired) electrons. The van der Waals surface area contributed by atoms with E-state index in [1.165, 1.54) is 0 Å². The molecular formula is C14H19F3O3. The largest absolute Gasteiger partial charge is 0.494 e.